The van der Waals surface area contributed by atoms with Crippen molar-refractivity contribution in [3.8, 4) is 11.8 Å². The highest BCUT2D eigenvalue weighted by atomic mass is 32.1. The van der Waals surface area contributed by atoms with E-state index in [0.717, 1.165) is 10.6 Å². The first-order chi connectivity index (χ1) is 9.34. The van der Waals surface area contributed by atoms with Gasteiger partial charge >= 0.3 is 0 Å². The average Bonchev–Trinajstić information content (AvgIpc) is 2.93. The second-order valence-corrected chi connectivity index (χ2v) is 6.27. The number of aromatic nitrogens is 2. The lowest BCUT2D eigenvalue weighted by Crippen LogP contribution is -2.09. The Hall–Kier alpha value is -2.13. The lowest BCUT2D eigenvalue weighted by Gasteiger charge is -2.12. The minimum absolute atomic E-state index is 0.0873. The molecule has 0 saturated carbocycles. The molecule has 0 radical (unpaired) electrons. The summed E-state index contributed by atoms with van der Waals surface area (Å²) in [6.07, 6.45) is 3.30. The van der Waals surface area contributed by atoms with Crippen LogP contribution in [-0.4, -0.2) is 15.9 Å². The lowest BCUT2D eigenvalue weighted by atomic mass is 9.94. The maximum atomic E-state index is 10.9. The van der Waals surface area contributed by atoms with Gasteiger partial charge in [0.2, 0.25) is 5.91 Å². The minimum atomic E-state index is -0.152. The zero-order chi connectivity index (χ0) is 14.8. The van der Waals surface area contributed by atoms with E-state index < -0.39 is 0 Å². The number of hydrogen-bond donors (Lipinski definition) is 1. The number of rotatable bonds is 1. The van der Waals surface area contributed by atoms with Crippen LogP contribution in [0.3, 0.4) is 0 Å². The van der Waals surface area contributed by atoms with Crippen LogP contribution in [0.25, 0.3) is 0 Å². The highest BCUT2D eigenvalue weighted by molar-refractivity contribution is 7.16. The van der Waals surface area contributed by atoms with E-state index in [1.54, 1.807) is 12.4 Å². The zero-order valence-corrected chi connectivity index (χ0v) is 12.6. The number of nitrogens with zero attached hydrogens (tertiary/aromatic N) is 2. The van der Waals surface area contributed by atoms with Gasteiger partial charge in [0.25, 0.3) is 5.89 Å². The Morgan fingerprint density at radius 2 is 2.05 bits per heavy atom. The number of amides is 1. The summed E-state index contributed by atoms with van der Waals surface area (Å²) in [7, 11) is 0. The van der Waals surface area contributed by atoms with Crippen molar-refractivity contribution in [2.45, 2.75) is 33.1 Å². The van der Waals surface area contributed by atoms with E-state index in [9.17, 15) is 4.79 Å². The van der Waals surface area contributed by atoms with Gasteiger partial charge < -0.3 is 9.73 Å². The Labute approximate surface area is 121 Å². The molecule has 2 rings (SSSR count). The fraction of sp³-hybridized carbons (Fsp3) is 0.357. The molecule has 2 aromatic heterocycles. The molecule has 0 aromatic carbocycles. The molecule has 0 fully saturated rings. The molecule has 0 atom stereocenters. The zero-order valence-electron chi connectivity index (χ0n) is 11.8. The summed E-state index contributed by atoms with van der Waals surface area (Å²) >= 11 is 1.31. The van der Waals surface area contributed by atoms with E-state index >= 15 is 0 Å². The van der Waals surface area contributed by atoms with Gasteiger partial charge in [-0.15, -0.1) is 0 Å². The third kappa shape index (κ3) is 3.68. The maximum Gasteiger partial charge on any atom is 0.273 e. The largest absolute Gasteiger partial charge is 0.435 e. The molecule has 20 heavy (non-hydrogen) atoms. The summed E-state index contributed by atoms with van der Waals surface area (Å²) in [6.45, 7) is 7.59. The van der Waals surface area contributed by atoms with Crippen molar-refractivity contribution in [2.75, 3.05) is 5.32 Å². The molecule has 6 heteroatoms. The van der Waals surface area contributed by atoms with E-state index in [1.165, 1.54) is 18.3 Å². The first kappa shape index (κ1) is 14.3. The summed E-state index contributed by atoms with van der Waals surface area (Å²) in [5.74, 6) is 6.79. The van der Waals surface area contributed by atoms with Gasteiger partial charge in [0.05, 0.1) is 17.3 Å². The number of carbonyl (C=O) groups is 1. The number of nitrogens with one attached hydrogen (secondary N) is 1. The number of carbonyl (C=O) groups excluding carboxylic acids is 1. The van der Waals surface area contributed by atoms with Crippen molar-refractivity contribution in [1.82, 2.24) is 9.97 Å². The van der Waals surface area contributed by atoms with Crippen LogP contribution in [0.2, 0.25) is 0 Å². The van der Waals surface area contributed by atoms with Gasteiger partial charge in [-0.2, -0.15) is 0 Å². The highest BCUT2D eigenvalue weighted by Crippen LogP contribution is 2.22. The van der Waals surface area contributed by atoms with Crippen LogP contribution in [0.15, 0.2) is 16.8 Å². The van der Waals surface area contributed by atoms with Crippen molar-refractivity contribution >= 4 is 22.4 Å². The van der Waals surface area contributed by atoms with Crippen molar-refractivity contribution in [3.63, 3.8) is 0 Å². The van der Waals surface area contributed by atoms with E-state index in [1.807, 2.05) is 20.8 Å². The standard InChI is InChI=1S/C14H15N3O2S/c1-9(18)17-13-16-7-10(20-13)5-6-12-15-8-11(19-12)14(2,3)4/h7-8H,1-4H3,(H,16,17,18). The summed E-state index contributed by atoms with van der Waals surface area (Å²) in [6, 6.07) is 0. The van der Waals surface area contributed by atoms with Gasteiger partial charge in [-0.1, -0.05) is 32.1 Å². The molecule has 1 amide bonds. The summed E-state index contributed by atoms with van der Waals surface area (Å²) in [5, 5.41) is 3.14. The Morgan fingerprint density at radius 3 is 2.65 bits per heavy atom. The first-order valence-corrected chi connectivity index (χ1v) is 6.88. The van der Waals surface area contributed by atoms with Crippen molar-refractivity contribution in [2.24, 2.45) is 0 Å². The van der Waals surface area contributed by atoms with Crippen LogP contribution in [0.4, 0.5) is 5.13 Å². The quantitative estimate of drug-likeness (QED) is 0.820. The predicted molar refractivity (Wildman–Crippen MR) is 77.6 cm³/mol. The average molecular weight is 289 g/mol. The van der Waals surface area contributed by atoms with Crippen LogP contribution in [0, 0.1) is 11.8 Å². The van der Waals surface area contributed by atoms with Crippen LogP contribution < -0.4 is 5.32 Å². The SMILES string of the molecule is CC(=O)Nc1ncc(C#Cc2ncc(C(C)(C)C)o2)s1. The van der Waals surface area contributed by atoms with Gasteiger partial charge in [0.15, 0.2) is 5.13 Å². The smallest absolute Gasteiger partial charge is 0.273 e. The molecule has 2 aromatic rings. The van der Waals surface area contributed by atoms with Crippen molar-refractivity contribution < 1.29 is 9.21 Å². The van der Waals surface area contributed by atoms with Crippen LogP contribution in [0.5, 0.6) is 0 Å². The van der Waals surface area contributed by atoms with Gasteiger partial charge in [-0.3, -0.25) is 4.79 Å². The summed E-state index contributed by atoms with van der Waals surface area (Å²) < 4.78 is 5.57. The molecule has 0 aliphatic carbocycles. The van der Waals surface area contributed by atoms with Crippen LogP contribution in [0.1, 0.15) is 44.2 Å². The molecule has 0 spiro atoms. The molecule has 0 unspecified atom stereocenters. The van der Waals surface area contributed by atoms with Gasteiger partial charge in [0, 0.05) is 12.3 Å². The van der Waals surface area contributed by atoms with Gasteiger partial charge in [-0.05, 0) is 11.8 Å². The van der Waals surface area contributed by atoms with Crippen molar-refractivity contribution in [1.29, 1.82) is 0 Å². The Bertz CT molecular complexity index is 683. The van der Waals surface area contributed by atoms with E-state index in [4.69, 9.17) is 4.42 Å². The Kier molecular flexibility index (Phi) is 3.91. The Balaban J connectivity index is 2.12. The fourth-order valence-corrected chi connectivity index (χ4v) is 2.05. The molecule has 0 aliphatic rings. The summed E-state index contributed by atoms with van der Waals surface area (Å²) in [4.78, 5) is 19.8. The highest BCUT2D eigenvalue weighted by Gasteiger charge is 2.18. The number of hydrogen-bond acceptors (Lipinski definition) is 5. The molecule has 5 nitrogen and oxygen atoms in total. The normalized spacial score (nSPS) is 10.8. The molecular weight excluding hydrogens is 274 g/mol. The minimum Gasteiger partial charge on any atom is -0.435 e. The third-order valence-corrected chi connectivity index (χ3v) is 3.15. The van der Waals surface area contributed by atoms with E-state index in [-0.39, 0.29) is 11.3 Å². The molecule has 0 aliphatic heterocycles. The molecular formula is C14H15N3O2S. The molecule has 0 bridgehead atoms. The summed E-state index contributed by atoms with van der Waals surface area (Å²) in [5.41, 5.74) is -0.0873. The van der Waals surface area contributed by atoms with Crippen LogP contribution in [-0.2, 0) is 10.2 Å². The second kappa shape index (κ2) is 5.47. The third-order valence-electron chi connectivity index (χ3n) is 2.33. The van der Waals surface area contributed by atoms with Gasteiger partial charge in [-0.25, -0.2) is 9.97 Å². The number of oxazole rings is 1. The van der Waals surface area contributed by atoms with Crippen LogP contribution >= 0.6 is 11.3 Å². The van der Waals surface area contributed by atoms with Gasteiger partial charge in [0.1, 0.15) is 5.76 Å². The first-order valence-electron chi connectivity index (χ1n) is 6.06. The molecule has 104 valence electrons. The molecule has 0 saturated heterocycles. The van der Waals surface area contributed by atoms with Crippen molar-refractivity contribution in [3.05, 3.63) is 28.9 Å². The monoisotopic (exact) mass is 289 g/mol. The lowest BCUT2D eigenvalue weighted by molar-refractivity contribution is -0.114. The maximum absolute atomic E-state index is 10.9. The number of anilines is 1. The second-order valence-electron chi connectivity index (χ2n) is 5.24. The topological polar surface area (TPSA) is 68.0 Å². The molecule has 1 N–H and O–H groups in total. The predicted octanol–water partition coefficient (Wildman–Crippen LogP) is 2.79. The van der Waals surface area contributed by atoms with E-state index in [2.05, 4.69) is 27.1 Å². The fourth-order valence-electron chi connectivity index (χ4n) is 1.33. The molecule has 2 heterocycles. The Morgan fingerprint density at radius 1 is 1.30 bits per heavy atom. The van der Waals surface area contributed by atoms with E-state index in [0.29, 0.717) is 11.0 Å². The number of thiazole rings is 1.